The monoisotopic (exact) mass is 176 g/mol. The molecule has 70 valence electrons. The maximum atomic E-state index is 10.9. The van der Waals surface area contributed by atoms with Gasteiger partial charge in [0.1, 0.15) is 0 Å². The lowest BCUT2D eigenvalue weighted by atomic mass is 9.90. The summed E-state index contributed by atoms with van der Waals surface area (Å²) in [5, 5.41) is 0. The molecular weight excluding hydrogens is 160 g/mol. The Bertz CT molecular complexity index is 351. The molecule has 0 saturated heterocycles. The molecule has 1 rings (SSSR count). The zero-order valence-electron chi connectivity index (χ0n) is 9.69. The highest BCUT2D eigenvalue weighted by molar-refractivity contribution is 5.81. The molecule has 0 unspecified atom stereocenters. The van der Waals surface area contributed by atoms with Gasteiger partial charge in [-0.1, -0.05) is 0 Å². The highest BCUT2D eigenvalue weighted by Gasteiger charge is 2.10. The number of carbonyl (C=O) groups is 1. The zero-order chi connectivity index (χ0) is 10.9. The summed E-state index contributed by atoms with van der Waals surface area (Å²) in [6.45, 7) is 8.16. The summed E-state index contributed by atoms with van der Waals surface area (Å²) in [5.74, 6) is 0. The number of carbonyl (C=O) groups excluding carboxylic acids is 1. The molecule has 0 amide bonds. The van der Waals surface area contributed by atoms with Crippen molar-refractivity contribution in [2.24, 2.45) is 0 Å². The Hall–Kier alpha value is -1.11. The molecule has 0 aliphatic rings. The van der Waals surface area contributed by atoms with E-state index in [0.29, 0.717) is 6.90 Å². The maximum absolute atomic E-state index is 10.9. The van der Waals surface area contributed by atoms with Crippen molar-refractivity contribution < 1.29 is 6.17 Å². The number of benzene rings is 1. The molecule has 0 heterocycles. The van der Waals surface area contributed by atoms with E-state index in [-0.39, 0.29) is 0 Å². The van der Waals surface area contributed by atoms with E-state index in [1.807, 2.05) is 27.7 Å². The van der Waals surface area contributed by atoms with Crippen LogP contribution in [-0.4, -0.2) is 6.29 Å². The summed E-state index contributed by atoms with van der Waals surface area (Å²) in [6.07, 6.45) is 0.915. The van der Waals surface area contributed by atoms with Gasteiger partial charge in [0.05, 0.1) is 0 Å². The van der Waals surface area contributed by atoms with Crippen LogP contribution in [0.4, 0.5) is 0 Å². The summed E-state index contributed by atoms with van der Waals surface area (Å²) in [5.41, 5.74) is 6.06. The van der Waals surface area contributed by atoms with E-state index in [2.05, 4.69) is 0 Å². The fourth-order valence-electron chi connectivity index (χ4n) is 1.60. The van der Waals surface area contributed by atoms with Crippen molar-refractivity contribution >= 4 is 6.29 Å². The average molecular weight is 176 g/mol. The van der Waals surface area contributed by atoms with E-state index in [9.17, 15) is 4.79 Å². The van der Waals surface area contributed by atoms with Crippen LogP contribution in [-0.2, 0) is 0 Å². The fraction of sp³-hybridized carbons (Fsp3) is 0.417. The molecule has 0 atom stereocenters. The second-order valence-electron chi connectivity index (χ2n) is 3.51. The standard InChI is InChI=1S/C12H16O/c1-7-8(2)10(4)12(6-13)11(5)9(7)3/h6H,1-5H3/i1H. The molecule has 1 aromatic carbocycles. The quantitative estimate of drug-likeness (QED) is 0.601. The molecule has 0 saturated carbocycles. The van der Waals surface area contributed by atoms with E-state index >= 15 is 0 Å². The highest BCUT2D eigenvalue weighted by atomic mass is 16.1. The van der Waals surface area contributed by atoms with Gasteiger partial charge in [-0.15, -0.1) is 0 Å². The lowest BCUT2D eigenvalue weighted by Crippen LogP contribution is -2.01. The molecule has 0 bridgehead atoms. The Morgan fingerprint density at radius 1 is 0.923 bits per heavy atom. The van der Waals surface area contributed by atoms with E-state index in [1.165, 1.54) is 0 Å². The van der Waals surface area contributed by atoms with E-state index in [1.54, 1.807) is 0 Å². The smallest absolute Gasteiger partial charge is 0.150 e. The Kier molecular flexibility index (Phi) is 2.17. The topological polar surface area (TPSA) is 17.1 Å². The minimum atomic E-state index is 0.290. The van der Waals surface area contributed by atoms with Crippen molar-refractivity contribution in [2.45, 2.75) is 34.6 Å². The Morgan fingerprint density at radius 3 is 1.69 bits per heavy atom. The van der Waals surface area contributed by atoms with Crippen LogP contribution in [0.2, 0.25) is 0 Å². The summed E-state index contributed by atoms with van der Waals surface area (Å²) in [6, 6.07) is 0. The lowest BCUT2D eigenvalue weighted by molar-refractivity contribution is 0.112. The highest BCUT2D eigenvalue weighted by Crippen LogP contribution is 2.24. The summed E-state index contributed by atoms with van der Waals surface area (Å²) in [7, 11) is 0. The van der Waals surface area contributed by atoms with Crippen LogP contribution >= 0.6 is 0 Å². The van der Waals surface area contributed by atoms with Crippen LogP contribution < -0.4 is 0 Å². The van der Waals surface area contributed by atoms with Gasteiger partial charge in [-0.25, -0.2) is 0 Å². The van der Waals surface area contributed by atoms with Gasteiger partial charge in [-0.3, -0.25) is 4.79 Å². The van der Waals surface area contributed by atoms with E-state index in [0.717, 1.165) is 39.7 Å². The van der Waals surface area contributed by atoms with Crippen molar-refractivity contribution in [1.29, 1.82) is 0 Å². The van der Waals surface area contributed by atoms with Gasteiger partial charge in [-0.2, -0.15) is 0 Å². The van der Waals surface area contributed by atoms with E-state index in [4.69, 9.17) is 1.37 Å². The fourth-order valence-corrected chi connectivity index (χ4v) is 1.60. The third kappa shape index (κ3) is 1.39. The van der Waals surface area contributed by atoms with Crippen molar-refractivity contribution in [2.75, 3.05) is 0 Å². The molecule has 0 aromatic heterocycles. The first-order chi connectivity index (χ1) is 6.54. The molecule has 0 fully saturated rings. The van der Waals surface area contributed by atoms with Gasteiger partial charge in [0.25, 0.3) is 0 Å². The van der Waals surface area contributed by atoms with Gasteiger partial charge in [-0.05, 0) is 62.4 Å². The lowest BCUT2D eigenvalue weighted by Gasteiger charge is -2.14. The predicted octanol–water partition coefficient (Wildman–Crippen LogP) is 3.04. The summed E-state index contributed by atoms with van der Waals surface area (Å²) in [4.78, 5) is 10.9. The number of aldehydes is 1. The number of hydrogen-bond acceptors (Lipinski definition) is 1. The summed E-state index contributed by atoms with van der Waals surface area (Å²) < 4.78 is 7.46. The average Bonchev–Trinajstić information content (AvgIpc) is 2.17. The second kappa shape index (κ2) is 3.33. The van der Waals surface area contributed by atoms with Crippen LogP contribution in [0, 0.1) is 34.6 Å². The van der Waals surface area contributed by atoms with Crippen molar-refractivity contribution in [3.63, 3.8) is 0 Å². The first kappa shape index (κ1) is 8.49. The Balaban J connectivity index is 3.63. The van der Waals surface area contributed by atoms with Crippen LogP contribution in [0.15, 0.2) is 0 Å². The Labute approximate surface area is 81.2 Å². The molecule has 0 spiro atoms. The van der Waals surface area contributed by atoms with Gasteiger partial charge in [0.15, 0.2) is 6.29 Å². The molecule has 0 aliphatic heterocycles. The predicted molar refractivity (Wildman–Crippen MR) is 55.5 cm³/mol. The van der Waals surface area contributed by atoms with Crippen molar-refractivity contribution in [3.8, 4) is 0 Å². The zero-order valence-corrected chi connectivity index (χ0v) is 8.69. The van der Waals surface area contributed by atoms with Crippen LogP contribution in [0.3, 0.4) is 0 Å². The minimum Gasteiger partial charge on any atom is -0.298 e. The molecular formula is C12H16O. The largest absolute Gasteiger partial charge is 0.298 e. The molecule has 0 aliphatic carbocycles. The number of rotatable bonds is 1. The molecule has 1 heteroatoms. The third-order valence-corrected chi connectivity index (χ3v) is 2.96. The summed E-state index contributed by atoms with van der Waals surface area (Å²) >= 11 is 0. The van der Waals surface area contributed by atoms with Gasteiger partial charge in [0, 0.05) is 6.93 Å². The normalized spacial score (nSPS) is 11.2. The first-order valence-electron chi connectivity index (χ1n) is 5.09. The van der Waals surface area contributed by atoms with Crippen LogP contribution in [0.25, 0.3) is 0 Å². The third-order valence-electron chi connectivity index (χ3n) is 2.96. The van der Waals surface area contributed by atoms with E-state index < -0.39 is 0 Å². The molecule has 1 nitrogen and oxygen atoms in total. The first-order valence-corrected chi connectivity index (χ1v) is 4.38. The number of hydrogen-bond donors (Lipinski definition) is 0. The van der Waals surface area contributed by atoms with Gasteiger partial charge >= 0.3 is 0 Å². The molecule has 1 aromatic rings. The second-order valence-corrected chi connectivity index (χ2v) is 3.51. The van der Waals surface area contributed by atoms with Crippen LogP contribution in [0.5, 0.6) is 0 Å². The SMILES string of the molecule is [1H]Cc1c(C)c(C)c(C=O)c(C)c1C. The molecule has 0 radical (unpaired) electrons. The van der Waals surface area contributed by atoms with Gasteiger partial charge in [0.2, 0.25) is 0 Å². The maximum Gasteiger partial charge on any atom is 0.150 e. The molecule has 0 N–H and O–H groups in total. The van der Waals surface area contributed by atoms with Crippen molar-refractivity contribution in [3.05, 3.63) is 33.4 Å². The van der Waals surface area contributed by atoms with Crippen molar-refractivity contribution in [1.82, 2.24) is 0 Å². The molecule has 13 heavy (non-hydrogen) atoms. The van der Waals surface area contributed by atoms with Crippen LogP contribution in [0.1, 0.15) is 39.5 Å². The Morgan fingerprint density at radius 2 is 1.38 bits per heavy atom. The minimum absolute atomic E-state index is 0.290. The van der Waals surface area contributed by atoms with Gasteiger partial charge < -0.3 is 0 Å².